The van der Waals surface area contributed by atoms with Crippen molar-refractivity contribution in [3.8, 4) is 0 Å². The van der Waals surface area contributed by atoms with Gasteiger partial charge in [-0.15, -0.1) is 11.6 Å². The predicted octanol–water partition coefficient (Wildman–Crippen LogP) is 2.03. The maximum Gasteiger partial charge on any atom is 0.449 e. The zero-order valence-corrected chi connectivity index (χ0v) is 7.37. The van der Waals surface area contributed by atoms with Gasteiger partial charge in [-0.2, -0.15) is 13.2 Å². The highest BCUT2D eigenvalue weighted by Gasteiger charge is 2.43. The molecule has 0 amide bonds. The van der Waals surface area contributed by atoms with Gasteiger partial charge in [0.15, 0.2) is 5.78 Å². The summed E-state index contributed by atoms with van der Waals surface area (Å²) in [5.41, 5.74) is 0. The van der Waals surface area contributed by atoms with Gasteiger partial charge in [0.2, 0.25) is 5.76 Å². The van der Waals surface area contributed by atoms with Crippen LogP contribution in [0.5, 0.6) is 0 Å². The molecular weight excluding hydrogens is 209 g/mol. The Morgan fingerprint density at radius 2 is 2.15 bits per heavy atom. The Labute approximate surface area is 77.3 Å². The molecule has 13 heavy (non-hydrogen) atoms. The monoisotopic (exact) mass is 214 g/mol. The Kier molecular flexibility index (Phi) is 2.32. The van der Waals surface area contributed by atoms with E-state index in [-0.39, 0.29) is 0 Å². The number of carbonyl (C=O) groups excluding carboxylic acids is 1. The van der Waals surface area contributed by atoms with Crippen molar-refractivity contribution in [2.45, 2.75) is 18.0 Å². The lowest BCUT2D eigenvalue weighted by atomic mass is 10.0. The van der Waals surface area contributed by atoms with E-state index in [0.717, 1.165) is 0 Å². The van der Waals surface area contributed by atoms with Crippen LogP contribution in [-0.2, 0) is 9.53 Å². The maximum absolute atomic E-state index is 12.0. The minimum Gasteiger partial charge on any atom is -0.486 e. The van der Waals surface area contributed by atoms with Gasteiger partial charge in [-0.05, 0) is 6.92 Å². The molecule has 0 saturated heterocycles. The van der Waals surface area contributed by atoms with Crippen molar-refractivity contribution in [1.29, 1.82) is 0 Å². The van der Waals surface area contributed by atoms with E-state index in [1.165, 1.54) is 6.92 Å². The molecule has 1 rings (SSSR count). The van der Waals surface area contributed by atoms with Crippen molar-refractivity contribution in [3.05, 3.63) is 11.8 Å². The molecule has 0 aromatic rings. The number of hydrogen-bond acceptors (Lipinski definition) is 2. The van der Waals surface area contributed by atoms with E-state index in [9.17, 15) is 18.0 Å². The Hall–Kier alpha value is -0.710. The van der Waals surface area contributed by atoms with Crippen LogP contribution >= 0.6 is 11.6 Å². The third-order valence-corrected chi connectivity index (χ3v) is 1.85. The zero-order chi connectivity index (χ0) is 10.3. The second-order valence-corrected chi connectivity index (χ2v) is 3.69. The molecule has 74 valence electrons. The molecule has 0 bridgehead atoms. The first-order valence-electron chi connectivity index (χ1n) is 3.38. The van der Waals surface area contributed by atoms with Gasteiger partial charge in [-0.25, -0.2) is 0 Å². The van der Waals surface area contributed by atoms with Crippen LogP contribution in [0.15, 0.2) is 11.8 Å². The summed E-state index contributed by atoms with van der Waals surface area (Å²) in [5.74, 6) is -2.07. The molecular formula is C7H6ClF3O2. The maximum atomic E-state index is 12.0. The molecule has 0 N–H and O–H groups in total. The van der Waals surface area contributed by atoms with E-state index < -0.39 is 29.2 Å². The Morgan fingerprint density at radius 3 is 2.54 bits per heavy atom. The van der Waals surface area contributed by atoms with E-state index in [1.54, 1.807) is 0 Å². The molecule has 2 nitrogen and oxygen atoms in total. The fourth-order valence-electron chi connectivity index (χ4n) is 0.759. The van der Waals surface area contributed by atoms with E-state index in [0.29, 0.717) is 6.08 Å². The van der Waals surface area contributed by atoms with Crippen LogP contribution in [0, 0.1) is 0 Å². The fourth-order valence-corrected chi connectivity index (χ4v) is 0.868. The number of rotatable bonds is 0. The highest BCUT2D eigenvalue weighted by Crippen LogP contribution is 2.32. The summed E-state index contributed by atoms with van der Waals surface area (Å²) in [7, 11) is 0. The first-order chi connectivity index (χ1) is 5.73. The van der Waals surface area contributed by atoms with Crippen LogP contribution in [0.2, 0.25) is 0 Å². The molecule has 1 heterocycles. The van der Waals surface area contributed by atoms with Gasteiger partial charge in [0.05, 0.1) is 0 Å². The molecule has 0 fully saturated rings. The largest absolute Gasteiger partial charge is 0.486 e. The van der Waals surface area contributed by atoms with E-state index in [2.05, 4.69) is 4.74 Å². The van der Waals surface area contributed by atoms with Crippen LogP contribution < -0.4 is 0 Å². The molecule has 0 saturated carbocycles. The molecule has 0 aromatic carbocycles. The van der Waals surface area contributed by atoms with Gasteiger partial charge in [0.1, 0.15) is 11.5 Å². The van der Waals surface area contributed by atoms with Gasteiger partial charge in [0.25, 0.3) is 0 Å². The molecule has 1 unspecified atom stereocenters. The van der Waals surface area contributed by atoms with Crippen LogP contribution in [0.25, 0.3) is 0 Å². The standard InChI is InChI=1S/C7H6ClF3O2/c1-6(8)3-13-5(2-4(6)12)7(9,10)11/h2H,3H2,1H3. The summed E-state index contributed by atoms with van der Waals surface area (Å²) in [4.78, 5) is 9.60. The normalized spacial score (nSPS) is 29.6. The first-order valence-corrected chi connectivity index (χ1v) is 3.76. The fraction of sp³-hybridized carbons (Fsp3) is 0.571. The molecule has 0 spiro atoms. The number of halogens is 4. The van der Waals surface area contributed by atoms with Crippen molar-refractivity contribution in [2.24, 2.45) is 0 Å². The minimum atomic E-state index is -4.62. The van der Waals surface area contributed by atoms with Gasteiger partial charge in [-0.3, -0.25) is 4.79 Å². The summed E-state index contributed by atoms with van der Waals surface area (Å²) in [6.45, 7) is 0.847. The summed E-state index contributed by atoms with van der Waals surface area (Å²) >= 11 is 5.55. The van der Waals surface area contributed by atoms with Crippen molar-refractivity contribution in [3.63, 3.8) is 0 Å². The van der Waals surface area contributed by atoms with Crippen molar-refractivity contribution in [2.75, 3.05) is 6.61 Å². The van der Waals surface area contributed by atoms with Crippen LogP contribution in [-0.4, -0.2) is 23.4 Å². The summed E-state index contributed by atoms with van der Waals surface area (Å²) < 4.78 is 40.2. The third-order valence-electron chi connectivity index (χ3n) is 1.55. The lowest BCUT2D eigenvalue weighted by molar-refractivity contribution is -0.142. The van der Waals surface area contributed by atoms with E-state index in [1.807, 2.05) is 0 Å². The summed E-state index contributed by atoms with van der Waals surface area (Å²) in [5, 5.41) is 0. The van der Waals surface area contributed by atoms with Crippen LogP contribution in [0.1, 0.15) is 6.92 Å². The molecule has 0 aliphatic carbocycles. The highest BCUT2D eigenvalue weighted by molar-refractivity contribution is 6.37. The lowest BCUT2D eigenvalue weighted by Gasteiger charge is -2.26. The molecule has 6 heteroatoms. The summed E-state index contributed by atoms with van der Waals surface area (Å²) in [6, 6.07) is 0. The molecule has 1 aliphatic heterocycles. The highest BCUT2D eigenvalue weighted by atomic mass is 35.5. The number of allylic oxidation sites excluding steroid dienone is 2. The van der Waals surface area contributed by atoms with Crippen molar-refractivity contribution in [1.82, 2.24) is 0 Å². The van der Waals surface area contributed by atoms with E-state index in [4.69, 9.17) is 11.6 Å². The van der Waals surface area contributed by atoms with Gasteiger partial charge in [0, 0.05) is 6.08 Å². The quantitative estimate of drug-likeness (QED) is 0.577. The zero-order valence-electron chi connectivity index (χ0n) is 6.61. The smallest absolute Gasteiger partial charge is 0.449 e. The first kappa shape index (κ1) is 10.4. The molecule has 1 aliphatic rings. The Bertz CT molecular complexity index is 267. The van der Waals surface area contributed by atoms with Gasteiger partial charge in [-0.1, -0.05) is 0 Å². The Balaban J connectivity index is 2.92. The predicted molar refractivity (Wildman–Crippen MR) is 39.4 cm³/mol. The number of alkyl halides is 4. The number of ether oxygens (including phenoxy) is 1. The van der Waals surface area contributed by atoms with Crippen molar-refractivity contribution < 1.29 is 22.7 Å². The van der Waals surface area contributed by atoms with Gasteiger partial charge >= 0.3 is 6.18 Å². The second-order valence-electron chi connectivity index (χ2n) is 2.86. The Morgan fingerprint density at radius 1 is 1.62 bits per heavy atom. The average molecular weight is 215 g/mol. The van der Waals surface area contributed by atoms with Crippen LogP contribution in [0.3, 0.4) is 0 Å². The van der Waals surface area contributed by atoms with Crippen molar-refractivity contribution >= 4 is 17.4 Å². The molecule has 1 atom stereocenters. The van der Waals surface area contributed by atoms with E-state index >= 15 is 0 Å². The third kappa shape index (κ3) is 2.15. The summed E-state index contributed by atoms with van der Waals surface area (Å²) in [6.07, 6.45) is -4.24. The average Bonchev–Trinajstić information content (AvgIpc) is 1.92. The van der Waals surface area contributed by atoms with Gasteiger partial charge < -0.3 is 4.74 Å². The second kappa shape index (κ2) is 2.90. The SMILES string of the molecule is CC1(Cl)COC(C(F)(F)F)=CC1=O. The number of hydrogen-bond donors (Lipinski definition) is 0. The topological polar surface area (TPSA) is 26.3 Å². The minimum absolute atomic E-state index is 0.385. The lowest BCUT2D eigenvalue weighted by Crippen LogP contribution is -2.38. The van der Waals surface area contributed by atoms with Crippen LogP contribution in [0.4, 0.5) is 13.2 Å². The number of carbonyl (C=O) groups is 1. The molecule has 0 radical (unpaired) electrons. The number of ketones is 1. The molecule has 0 aromatic heterocycles.